The summed E-state index contributed by atoms with van der Waals surface area (Å²) in [7, 11) is 0. The molecule has 3 N–H and O–H groups in total. The minimum Gasteiger partial charge on any atom is -0.398 e. The average Bonchev–Trinajstić information content (AvgIpc) is 2.39. The molecule has 84 valence electrons. The maximum Gasteiger partial charge on any atom is 0.108 e. The number of aromatic nitrogens is 1. The van der Waals surface area contributed by atoms with Crippen LogP contribution in [-0.2, 0) is 0 Å². The van der Waals surface area contributed by atoms with E-state index in [2.05, 4.69) is 4.98 Å². The Balaban J connectivity index is 2.34. The van der Waals surface area contributed by atoms with Crippen LogP contribution in [0.2, 0.25) is 0 Å². The highest BCUT2D eigenvalue weighted by molar-refractivity contribution is 5.49. The molecule has 0 aliphatic rings. The first-order chi connectivity index (χ1) is 8.22. The second-order valence-corrected chi connectivity index (χ2v) is 3.64. The van der Waals surface area contributed by atoms with E-state index in [4.69, 9.17) is 11.0 Å². The zero-order valence-electron chi connectivity index (χ0n) is 9.04. The van der Waals surface area contributed by atoms with Gasteiger partial charge in [-0.1, -0.05) is 12.1 Å². The van der Waals surface area contributed by atoms with Crippen LogP contribution >= 0.6 is 0 Å². The van der Waals surface area contributed by atoms with Crippen LogP contribution in [0.4, 0.5) is 5.69 Å². The number of rotatable bonds is 2. The van der Waals surface area contributed by atoms with Gasteiger partial charge in [0.25, 0.3) is 0 Å². The van der Waals surface area contributed by atoms with E-state index in [1.54, 1.807) is 36.5 Å². The van der Waals surface area contributed by atoms with Gasteiger partial charge in [0.05, 0.1) is 11.6 Å². The summed E-state index contributed by atoms with van der Waals surface area (Å²) in [5.74, 6) is 0. The first-order valence-electron chi connectivity index (χ1n) is 5.10. The Labute approximate surface area is 99.0 Å². The summed E-state index contributed by atoms with van der Waals surface area (Å²) in [6.07, 6.45) is 2.29. The van der Waals surface area contributed by atoms with Crippen LogP contribution in [0.3, 0.4) is 0 Å². The number of nitrogen functional groups attached to an aromatic ring is 1. The molecule has 0 spiro atoms. The first kappa shape index (κ1) is 11.1. The van der Waals surface area contributed by atoms with Gasteiger partial charge in [-0.3, -0.25) is 4.98 Å². The van der Waals surface area contributed by atoms with E-state index in [0.29, 0.717) is 22.4 Å². The fourth-order valence-electron chi connectivity index (χ4n) is 1.57. The van der Waals surface area contributed by atoms with Crippen molar-refractivity contribution in [1.29, 1.82) is 5.26 Å². The zero-order chi connectivity index (χ0) is 12.3. The molecule has 4 heteroatoms. The molecule has 0 bridgehead atoms. The van der Waals surface area contributed by atoms with E-state index in [1.807, 2.05) is 6.07 Å². The minimum atomic E-state index is -0.823. The van der Waals surface area contributed by atoms with Crippen LogP contribution < -0.4 is 5.73 Å². The molecule has 1 aromatic heterocycles. The molecule has 1 atom stereocenters. The highest BCUT2D eigenvalue weighted by Gasteiger charge is 2.13. The highest BCUT2D eigenvalue weighted by Crippen LogP contribution is 2.25. The van der Waals surface area contributed by atoms with Gasteiger partial charge in [-0.05, 0) is 23.8 Å². The second-order valence-electron chi connectivity index (χ2n) is 3.64. The molecule has 0 fully saturated rings. The normalized spacial score (nSPS) is 11.8. The van der Waals surface area contributed by atoms with E-state index in [0.717, 1.165) is 0 Å². The smallest absolute Gasteiger partial charge is 0.108 e. The van der Waals surface area contributed by atoms with Gasteiger partial charge in [0.15, 0.2) is 0 Å². The van der Waals surface area contributed by atoms with Gasteiger partial charge in [-0.2, -0.15) is 5.26 Å². The van der Waals surface area contributed by atoms with Gasteiger partial charge in [0.2, 0.25) is 0 Å². The molecule has 0 saturated carbocycles. The third-order valence-corrected chi connectivity index (χ3v) is 2.54. The molecule has 0 radical (unpaired) electrons. The molecule has 1 aromatic carbocycles. The number of pyridine rings is 1. The van der Waals surface area contributed by atoms with Crippen LogP contribution in [0.15, 0.2) is 42.7 Å². The van der Waals surface area contributed by atoms with Gasteiger partial charge in [0.1, 0.15) is 6.10 Å². The van der Waals surface area contributed by atoms with Crippen molar-refractivity contribution >= 4 is 5.69 Å². The average molecular weight is 225 g/mol. The topological polar surface area (TPSA) is 82.9 Å². The van der Waals surface area contributed by atoms with Crippen molar-refractivity contribution in [2.75, 3.05) is 5.73 Å². The third-order valence-electron chi connectivity index (χ3n) is 2.54. The summed E-state index contributed by atoms with van der Waals surface area (Å²) < 4.78 is 0. The van der Waals surface area contributed by atoms with Crippen LogP contribution in [0.1, 0.15) is 22.8 Å². The van der Waals surface area contributed by atoms with Crippen molar-refractivity contribution in [1.82, 2.24) is 4.98 Å². The molecule has 0 aliphatic carbocycles. The van der Waals surface area contributed by atoms with E-state index >= 15 is 0 Å². The minimum absolute atomic E-state index is 0.497. The van der Waals surface area contributed by atoms with Gasteiger partial charge in [-0.15, -0.1) is 0 Å². The van der Waals surface area contributed by atoms with E-state index in [9.17, 15) is 5.11 Å². The van der Waals surface area contributed by atoms with Crippen molar-refractivity contribution < 1.29 is 5.11 Å². The van der Waals surface area contributed by atoms with Crippen LogP contribution in [0, 0.1) is 11.3 Å². The quantitative estimate of drug-likeness (QED) is 0.813. The molecule has 0 amide bonds. The number of nitrogens with two attached hydrogens (primary N) is 1. The maximum atomic E-state index is 10.1. The number of hydrogen-bond acceptors (Lipinski definition) is 4. The van der Waals surface area contributed by atoms with Crippen LogP contribution in [0.25, 0.3) is 0 Å². The van der Waals surface area contributed by atoms with Gasteiger partial charge in [0, 0.05) is 23.6 Å². The Morgan fingerprint density at radius 2 is 1.94 bits per heavy atom. The molecule has 4 nitrogen and oxygen atoms in total. The summed E-state index contributed by atoms with van der Waals surface area (Å²) in [6, 6.07) is 10.4. The van der Waals surface area contributed by atoms with Gasteiger partial charge in [-0.25, -0.2) is 0 Å². The number of nitriles is 1. The number of benzene rings is 1. The number of nitrogens with zero attached hydrogens (tertiary/aromatic N) is 2. The monoisotopic (exact) mass is 225 g/mol. The van der Waals surface area contributed by atoms with Crippen molar-refractivity contribution in [3.8, 4) is 6.07 Å². The molecule has 0 saturated heterocycles. The van der Waals surface area contributed by atoms with E-state index in [1.165, 1.54) is 6.20 Å². The van der Waals surface area contributed by atoms with Crippen molar-refractivity contribution in [2.45, 2.75) is 6.10 Å². The molecular formula is C13H11N3O. The van der Waals surface area contributed by atoms with Crippen molar-refractivity contribution in [3.63, 3.8) is 0 Å². The van der Waals surface area contributed by atoms with E-state index in [-0.39, 0.29) is 0 Å². The molecule has 1 unspecified atom stereocenters. The van der Waals surface area contributed by atoms with Gasteiger partial charge >= 0.3 is 0 Å². The summed E-state index contributed by atoms with van der Waals surface area (Å²) >= 11 is 0. The lowest BCUT2D eigenvalue weighted by atomic mass is 10.0. The van der Waals surface area contributed by atoms with Gasteiger partial charge < -0.3 is 10.8 Å². The zero-order valence-corrected chi connectivity index (χ0v) is 9.04. The Hall–Kier alpha value is -2.38. The maximum absolute atomic E-state index is 10.1. The SMILES string of the molecule is N#Cc1ccc(C(O)c2cnccc2N)cc1. The molecule has 2 aromatic rings. The molecule has 1 heterocycles. The number of aliphatic hydroxyl groups excluding tert-OH is 1. The Morgan fingerprint density at radius 3 is 2.53 bits per heavy atom. The lowest BCUT2D eigenvalue weighted by Crippen LogP contribution is -2.04. The standard InChI is InChI=1S/C13H11N3O/c14-7-9-1-3-10(4-2-9)13(17)11-8-16-6-5-12(11)15/h1-6,8,13,17H,(H2,15,16). The highest BCUT2D eigenvalue weighted by atomic mass is 16.3. The first-order valence-corrected chi connectivity index (χ1v) is 5.10. The molecule has 0 aliphatic heterocycles. The predicted octanol–water partition coefficient (Wildman–Crippen LogP) is 1.62. The predicted molar refractivity (Wildman–Crippen MR) is 63.9 cm³/mol. The van der Waals surface area contributed by atoms with Crippen molar-refractivity contribution in [2.24, 2.45) is 0 Å². The van der Waals surface area contributed by atoms with Crippen molar-refractivity contribution in [3.05, 3.63) is 59.4 Å². The largest absolute Gasteiger partial charge is 0.398 e. The Bertz CT molecular complexity index is 558. The molecule has 17 heavy (non-hydrogen) atoms. The third kappa shape index (κ3) is 2.25. The number of hydrogen-bond donors (Lipinski definition) is 2. The molecule has 2 rings (SSSR count). The Kier molecular flexibility index (Phi) is 3.03. The number of aliphatic hydroxyl groups is 1. The lowest BCUT2D eigenvalue weighted by molar-refractivity contribution is 0.220. The number of anilines is 1. The summed E-state index contributed by atoms with van der Waals surface area (Å²) in [4.78, 5) is 3.93. The Morgan fingerprint density at radius 1 is 1.24 bits per heavy atom. The van der Waals surface area contributed by atoms with Crippen LogP contribution in [0.5, 0.6) is 0 Å². The second kappa shape index (κ2) is 4.64. The van der Waals surface area contributed by atoms with E-state index < -0.39 is 6.10 Å². The summed E-state index contributed by atoms with van der Waals surface area (Å²) in [5.41, 5.74) is 8.07. The summed E-state index contributed by atoms with van der Waals surface area (Å²) in [6.45, 7) is 0. The molecular weight excluding hydrogens is 214 g/mol. The fraction of sp³-hybridized carbons (Fsp3) is 0.0769. The van der Waals surface area contributed by atoms with Crippen LogP contribution in [-0.4, -0.2) is 10.1 Å². The lowest BCUT2D eigenvalue weighted by Gasteiger charge is -2.13. The summed E-state index contributed by atoms with van der Waals surface area (Å²) in [5, 5.41) is 18.8. The fourth-order valence-corrected chi connectivity index (χ4v) is 1.57.